The van der Waals surface area contributed by atoms with E-state index in [0.717, 1.165) is 40.3 Å². The van der Waals surface area contributed by atoms with Crippen molar-refractivity contribution >= 4 is 23.5 Å². The van der Waals surface area contributed by atoms with E-state index in [2.05, 4.69) is 69.6 Å². The van der Waals surface area contributed by atoms with Crippen LogP contribution in [0, 0.1) is 12.3 Å². The van der Waals surface area contributed by atoms with Crippen molar-refractivity contribution in [3.63, 3.8) is 0 Å². The molecule has 4 rings (SSSR count). The molecular formula is C31H35N3O2. The van der Waals surface area contributed by atoms with Crippen LogP contribution in [0.4, 0.5) is 5.82 Å². The summed E-state index contributed by atoms with van der Waals surface area (Å²) >= 11 is 0. The van der Waals surface area contributed by atoms with Crippen LogP contribution in [0.1, 0.15) is 52.2 Å². The third-order valence-corrected chi connectivity index (χ3v) is 5.77. The molecule has 0 spiro atoms. The number of hydrogen-bond acceptors (Lipinski definition) is 4. The minimum absolute atomic E-state index is 0.144. The summed E-state index contributed by atoms with van der Waals surface area (Å²) in [5, 5.41) is 3.77. The minimum atomic E-state index is -0.416. The Labute approximate surface area is 213 Å². The van der Waals surface area contributed by atoms with E-state index in [1.807, 2.05) is 54.6 Å². The lowest BCUT2D eigenvalue weighted by atomic mass is 9.82. The van der Waals surface area contributed by atoms with Gasteiger partial charge in [-0.3, -0.25) is 4.40 Å². The van der Waals surface area contributed by atoms with Crippen LogP contribution >= 0.6 is 0 Å². The van der Waals surface area contributed by atoms with E-state index in [9.17, 15) is 4.79 Å². The van der Waals surface area contributed by atoms with Gasteiger partial charge in [0.15, 0.2) is 0 Å². The number of benzene rings is 2. The summed E-state index contributed by atoms with van der Waals surface area (Å²) in [6, 6.07) is 21.3. The van der Waals surface area contributed by atoms with E-state index in [-0.39, 0.29) is 11.0 Å². The van der Waals surface area contributed by atoms with Crippen LogP contribution in [-0.2, 0) is 4.79 Å². The summed E-state index contributed by atoms with van der Waals surface area (Å²) in [6.07, 6.45) is 6.23. The molecule has 186 valence electrons. The van der Waals surface area contributed by atoms with Crippen molar-refractivity contribution in [3.8, 4) is 17.0 Å². The van der Waals surface area contributed by atoms with Gasteiger partial charge < -0.3 is 10.1 Å². The second-order valence-corrected chi connectivity index (χ2v) is 11.2. The Kier molecular flexibility index (Phi) is 7.02. The molecule has 0 unspecified atom stereocenters. The lowest BCUT2D eigenvalue weighted by molar-refractivity contribution is -0.128. The van der Waals surface area contributed by atoms with Gasteiger partial charge in [0, 0.05) is 23.4 Å². The first-order chi connectivity index (χ1) is 17.0. The normalized spacial score (nSPS) is 12.3. The van der Waals surface area contributed by atoms with E-state index in [0.29, 0.717) is 5.75 Å². The number of imidazole rings is 1. The standard InChI is InChI=1S/C31H35N3O2/c1-22-18-19-34-26(20-22)32-28(29(34)33-31(5,6)21-30(2,3)4)24-13-15-25(16-14-24)36-27(35)17-12-23-10-8-7-9-11-23/h7-20,33H,21H2,1-6H3. The average molecular weight is 482 g/mol. The summed E-state index contributed by atoms with van der Waals surface area (Å²) in [5.74, 6) is 1.03. The molecule has 4 aromatic rings. The van der Waals surface area contributed by atoms with Crippen molar-refractivity contribution in [2.24, 2.45) is 5.41 Å². The lowest BCUT2D eigenvalue weighted by Gasteiger charge is -2.34. The molecule has 0 saturated carbocycles. The monoisotopic (exact) mass is 481 g/mol. The third-order valence-electron chi connectivity index (χ3n) is 5.77. The van der Waals surface area contributed by atoms with Crippen LogP contribution in [0.15, 0.2) is 79.0 Å². The largest absolute Gasteiger partial charge is 0.423 e. The van der Waals surface area contributed by atoms with E-state index in [4.69, 9.17) is 9.72 Å². The summed E-state index contributed by atoms with van der Waals surface area (Å²) in [6.45, 7) is 13.3. The molecule has 0 aliphatic carbocycles. The van der Waals surface area contributed by atoms with Crippen LogP contribution in [0.3, 0.4) is 0 Å². The number of carbonyl (C=O) groups excluding carboxylic acids is 1. The predicted octanol–water partition coefficient (Wildman–Crippen LogP) is 7.56. The molecular weight excluding hydrogens is 446 g/mol. The van der Waals surface area contributed by atoms with Crippen molar-refractivity contribution in [2.75, 3.05) is 5.32 Å². The average Bonchev–Trinajstić information content (AvgIpc) is 3.13. The summed E-state index contributed by atoms with van der Waals surface area (Å²) in [5.41, 5.74) is 4.84. The second-order valence-electron chi connectivity index (χ2n) is 11.2. The third kappa shape index (κ3) is 6.42. The molecule has 0 atom stereocenters. The fraction of sp³-hybridized carbons (Fsp3) is 0.290. The van der Waals surface area contributed by atoms with Crippen molar-refractivity contribution in [2.45, 2.75) is 53.5 Å². The van der Waals surface area contributed by atoms with E-state index >= 15 is 0 Å². The number of nitrogens with zero attached hydrogens (tertiary/aromatic N) is 2. The zero-order valence-corrected chi connectivity index (χ0v) is 22.0. The molecule has 36 heavy (non-hydrogen) atoms. The molecule has 0 aliphatic rings. The Morgan fingerprint density at radius 1 is 1.00 bits per heavy atom. The topological polar surface area (TPSA) is 55.6 Å². The molecule has 0 fully saturated rings. The number of rotatable bonds is 7. The molecule has 0 bridgehead atoms. The van der Waals surface area contributed by atoms with Gasteiger partial charge in [0.25, 0.3) is 0 Å². The fourth-order valence-electron chi connectivity index (χ4n) is 4.72. The smallest absolute Gasteiger partial charge is 0.336 e. The number of fused-ring (bicyclic) bond motifs is 1. The van der Waals surface area contributed by atoms with Gasteiger partial charge in [0.1, 0.15) is 22.9 Å². The molecule has 0 saturated heterocycles. The number of nitrogens with one attached hydrogen (secondary N) is 1. The van der Waals surface area contributed by atoms with Crippen LogP contribution < -0.4 is 10.1 Å². The fourth-order valence-corrected chi connectivity index (χ4v) is 4.72. The Balaban J connectivity index is 1.59. The maximum absolute atomic E-state index is 12.3. The van der Waals surface area contributed by atoms with Gasteiger partial charge in [-0.1, -0.05) is 51.1 Å². The second kappa shape index (κ2) is 10.0. The summed E-state index contributed by atoms with van der Waals surface area (Å²) in [7, 11) is 0. The summed E-state index contributed by atoms with van der Waals surface area (Å²) < 4.78 is 7.61. The number of anilines is 1. The Bertz CT molecular complexity index is 1380. The highest BCUT2D eigenvalue weighted by molar-refractivity contribution is 5.88. The van der Waals surface area contributed by atoms with Gasteiger partial charge in [-0.25, -0.2) is 9.78 Å². The highest BCUT2D eigenvalue weighted by atomic mass is 16.5. The number of pyridine rings is 1. The van der Waals surface area contributed by atoms with Crippen LogP contribution in [0.5, 0.6) is 5.75 Å². The molecule has 5 nitrogen and oxygen atoms in total. The van der Waals surface area contributed by atoms with Crippen molar-refractivity contribution < 1.29 is 9.53 Å². The van der Waals surface area contributed by atoms with Crippen LogP contribution in [0.2, 0.25) is 0 Å². The maximum atomic E-state index is 12.3. The highest BCUT2D eigenvalue weighted by Crippen LogP contribution is 2.35. The van der Waals surface area contributed by atoms with Gasteiger partial charge in [-0.2, -0.15) is 0 Å². The van der Waals surface area contributed by atoms with Crippen molar-refractivity contribution in [1.82, 2.24) is 9.38 Å². The SMILES string of the molecule is Cc1ccn2c(NC(C)(C)CC(C)(C)C)c(-c3ccc(OC(=O)C=Cc4ccccc4)cc3)nc2c1. The number of esters is 1. The first-order valence-electron chi connectivity index (χ1n) is 12.3. The maximum Gasteiger partial charge on any atom is 0.336 e. The lowest BCUT2D eigenvalue weighted by Crippen LogP contribution is -2.36. The minimum Gasteiger partial charge on any atom is -0.423 e. The van der Waals surface area contributed by atoms with Crippen LogP contribution in [-0.4, -0.2) is 20.9 Å². The van der Waals surface area contributed by atoms with Gasteiger partial charge in [0.05, 0.1) is 0 Å². The van der Waals surface area contributed by atoms with Gasteiger partial charge in [-0.05, 0) is 86.2 Å². The highest BCUT2D eigenvalue weighted by Gasteiger charge is 2.28. The molecule has 0 amide bonds. The van der Waals surface area contributed by atoms with Gasteiger partial charge in [-0.15, -0.1) is 0 Å². The Hall–Kier alpha value is -3.86. The summed E-state index contributed by atoms with van der Waals surface area (Å²) in [4.78, 5) is 17.2. The Morgan fingerprint density at radius 3 is 2.36 bits per heavy atom. The van der Waals surface area contributed by atoms with E-state index in [1.54, 1.807) is 6.08 Å². The van der Waals surface area contributed by atoms with Gasteiger partial charge >= 0.3 is 5.97 Å². The van der Waals surface area contributed by atoms with Crippen LogP contribution in [0.25, 0.3) is 23.0 Å². The number of ether oxygens (including phenoxy) is 1. The molecule has 1 N–H and O–H groups in total. The zero-order chi connectivity index (χ0) is 25.9. The first kappa shape index (κ1) is 25.2. The number of aryl methyl sites for hydroxylation is 1. The molecule has 2 aromatic heterocycles. The number of aromatic nitrogens is 2. The predicted molar refractivity (Wildman–Crippen MR) is 148 cm³/mol. The molecule has 0 radical (unpaired) electrons. The zero-order valence-electron chi connectivity index (χ0n) is 22.0. The van der Waals surface area contributed by atoms with Crippen molar-refractivity contribution in [3.05, 3.63) is 90.1 Å². The van der Waals surface area contributed by atoms with Crippen molar-refractivity contribution in [1.29, 1.82) is 0 Å². The quantitative estimate of drug-likeness (QED) is 0.168. The van der Waals surface area contributed by atoms with E-state index < -0.39 is 5.97 Å². The number of carbonyl (C=O) groups is 1. The van der Waals surface area contributed by atoms with E-state index in [1.165, 1.54) is 6.08 Å². The van der Waals surface area contributed by atoms with Gasteiger partial charge in [0.2, 0.25) is 0 Å². The molecule has 0 aliphatic heterocycles. The molecule has 2 aromatic carbocycles. The first-order valence-corrected chi connectivity index (χ1v) is 12.3. The Morgan fingerprint density at radius 2 is 1.69 bits per heavy atom. The number of hydrogen-bond donors (Lipinski definition) is 1. The molecule has 2 heterocycles. The molecule has 5 heteroatoms.